The van der Waals surface area contributed by atoms with Crippen LogP contribution in [0.3, 0.4) is 0 Å². The van der Waals surface area contributed by atoms with E-state index in [0.29, 0.717) is 17.1 Å². The van der Waals surface area contributed by atoms with Crippen molar-refractivity contribution in [2.45, 2.75) is 26.8 Å². The Labute approximate surface area is 187 Å². The lowest BCUT2D eigenvalue weighted by molar-refractivity contribution is -0.125. The highest BCUT2D eigenvalue weighted by molar-refractivity contribution is 9.10. The van der Waals surface area contributed by atoms with Crippen LogP contribution in [-0.2, 0) is 9.59 Å². The number of benzene rings is 2. The van der Waals surface area contributed by atoms with Crippen LogP contribution < -0.4 is 15.0 Å². The third-order valence-corrected chi connectivity index (χ3v) is 6.31. The summed E-state index contributed by atoms with van der Waals surface area (Å²) in [6.07, 6.45) is 0. The number of nitrogens with zero attached hydrogens (tertiary/aromatic N) is 2. The predicted octanol–water partition coefficient (Wildman–Crippen LogP) is 4.94. The standard InChI is InChI=1S/C22H20BrN3O3S/c1-12(22(28)25-17-7-5-16(23)6-8-17)26-18-10-15(21-13(2)30-14(3)24-21)4-9-19(18)29-11-20(26)27/h4-10,12H,11H2,1-3H3,(H,25,28). The minimum atomic E-state index is -0.711. The van der Waals surface area contributed by atoms with E-state index in [1.54, 1.807) is 30.4 Å². The SMILES string of the molecule is Cc1nc(-c2ccc3c(c2)N(C(C)C(=O)Nc2ccc(Br)cc2)C(=O)CO3)c(C)s1. The van der Waals surface area contributed by atoms with Crippen LogP contribution in [0.1, 0.15) is 16.8 Å². The Morgan fingerprint density at radius 3 is 2.63 bits per heavy atom. The van der Waals surface area contributed by atoms with Gasteiger partial charge in [0.25, 0.3) is 5.91 Å². The van der Waals surface area contributed by atoms with E-state index in [-0.39, 0.29) is 18.4 Å². The largest absolute Gasteiger partial charge is 0.482 e. The fourth-order valence-electron chi connectivity index (χ4n) is 3.44. The second-order valence-corrected chi connectivity index (χ2v) is 9.37. The molecule has 0 spiro atoms. The molecular formula is C22H20BrN3O3S. The van der Waals surface area contributed by atoms with Crippen molar-refractivity contribution in [3.05, 3.63) is 56.8 Å². The van der Waals surface area contributed by atoms with Gasteiger partial charge in [0, 0.05) is 20.6 Å². The van der Waals surface area contributed by atoms with E-state index >= 15 is 0 Å². The van der Waals surface area contributed by atoms with Gasteiger partial charge in [0.15, 0.2) is 6.61 Å². The van der Waals surface area contributed by atoms with Crippen LogP contribution in [0, 0.1) is 13.8 Å². The van der Waals surface area contributed by atoms with Crippen molar-refractivity contribution in [2.75, 3.05) is 16.8 Å². The number of carbonyl (C=O) groups is 2. The number of aromatic nitrogens is 1. The van der Waals surface area contributed by atoms with E-state index in [9.17, 15) is 9.59 Å². The molecule has 4 rings (SSSR count). The maximum absolute atomic E-state index is 12.9. The number of amides is 2. The van der Waals surface area contributed by atoms with Crippen molar-refractivity contribution >= 4 is 50.5 Å². The Morgan fingerprint density at radius 2 is 1.97 bits per heavy atom. The number of fused-ring (bicyclic) bond motifs is 1. The lowest BCUT2D eigenvalue weighted by Crippen LogP contribution is -2.49. The van der Waals surface area contributed by atoms with Crippen molar-refractivity contribution in [1.29, 1.82) is 0 Å². The molecule has 2 heterocycles. The number of anilines is 2. The van der Waals surface area contributed by atoms with E-state index in [1.165, 1.54) is 4.90 Å². The summed E-state index contributed by atoms with van der Waals surface area (Å²) < 4.78 is 6.53. The molecule has 2 aromatic carbocycles. The predicted molar refractivity (Wildman–Crippen MR) is 122 cm³/mol. The van der Waals surface area contributed by atoms with Crippen molar-refractivity contribution in [3.8, 4) is 17.0 Å². The second kappa shape index (κ2) is 8.20. The summed E-state index contributed by atoms with van der Waals surface area (Å²) in [6.45, 7) is 5.60. The third-order valence-electron chi connectivity index (χ3n) is 4.89. The Morgan fingerprint density at radius 1 is 1.23 bits per heavy atom. The van der Waals surface area contributed by atoms with Gasteiger partial charge in [-0.25, -0.2) is 4.98 Å². The first-order valence-electron chi connectivity index (χ1n) is 9.43. The number of halogens is 1. The van der Waals surface area contributed by atoms with Crippen molar-refractivity contribution < 1.29 is 14.3 Å². The van der Waals surface area contributed by atoms with E-state index in [0.717, 1.165) is 25.6 Å². The van der Waals surface area contributed by atoms with Gasteiger partial charge in [-0.2, -0.15) is 0 Å². The molecule has 0 bridgehead atoms. The Bertz CT molecular complexity index is 1130. The Balaban J connectivity index is 1.66. The third kappa shape index (κ3) is 3.97. The molecule has 8 heteroatoms. The van der Waals surface area contributed by atoms with Crippen LogP contribution in [0.2, 0.25) is 0 Å². The normalized spacial score (nSPS) is 14.1. The summed E-state index contributed by atoms with van der Waals surface area (Å²) >= 11 is 5.00. The highest BCUT2D eigenvalue weighted by Crippen LogP contribution is 2.38. The van der Waals surface area contributed by atoms with Crippen molar-refractivity contribution in [1.82, 2.24) is 4.98 Å². The summed E-state index contributed by atoms with van der Waals surface area (Å²) in [7, 11) is 0. The van der Waals surface area contributed by atoms with Crippen LogP contribution in [0.4, 0.5) is 11.4 Å². The van der Waals surface area contributed by atoms with Gasteiger partial charge in [0.1, 0.15) is 11.8 Å². The molecule has 0 radical (unpaired) electrons. The average Bonchev–Trinajstić information content (AvgIpc) is 3.06. The molecule has 1 unspecified atom stereocenters. The van der Waals surface area contributed by atoms with Gasteiger partial charge in [-0.15, -0.1) is 11.3 Å². The summed E-state index contributed by atoms with van der Waals surface area (Å²) in [5.41, 5.74) is 3.01. The lowest BCUT2D eigenvalue weighted by Gasteiger charge is -2.33. The molecule has 3 aromatic rings. The number of ether oxygens (including phenoxy) is 1. The number of hydrogen-bond acceptors (Lipinski definition) is 5. The zero-order chi connectivity index (χ0) is 21.4. The first kappa shape index (κ1) is 20.6. The van der Waals surface area contributed by atoms with Crippen molar-refractivity contribution in [3.63, 3.8) is 0 Å². The molecule has 1 aromatic heterocycles. The molecule has 0 fully saturated rings. The van der Waals surface area contributed by atoms with Crippen LogP contribution in [0.15, 0.2) is 46.9 Å². The van der Waals surface area contributed by atoms with Crippen LogP contribution in [0.5, 0.6) is 5.75 Å². The van der Waals surface area contributed by atoms with Gasteiger partial charge in [-0.05, 0) is 63.2 Å². The number of carbonyl (C=O) groups excluding carboxylic acids is 2. The first-order valence-corrected chi connectivity index (χ1v) is 11.0. The minimum absolute atomic E-state index is 0.100. The van der Waals surface area contributed by atoms with E-state index < -0.39 is 6.04 Å². The number of aryl methyl sites for hydroxylation is 2. The van der Waals surface area contributed by atoms with Crippen molar-refractivity contribution in [2.24, 2.45) is 0 Å². The molecule has 1 atom stereocenters. The highest BCUT2D eigenvalue weighted by atomic mass is 79.9. The molecule has 6 nitrogen and oxygen atoms in total. The van der Waals surface area contributed by atoms with Crippen LogP contribution >= 0.6 is 27.3 Å². The number of rotatable bonds is 4. The van der Waals surface area contributed by atoms with Gasteiger partial charge in [0.05, 0.1) is 16.4 Å². The molecule has 30 heavy (non-hydrogen) atoms. The number of nitrogens with one attached hydrogen (secondary N) is 1. The summed E-state index contributed by atoms with van der Waals surface area (Å²) in [6, 6.07) is 12.2. The van der Waals surface area contributed by atoms with Gasteiger partial charge in [-0.3, -0.25) is 14.5 Å². The molecule has 1 aliphatic rings. The highest BCUT2D eigenvalue weighted by Gasteiger charge is 2.33. The van der Waals surface area contributed by atoms with E-state index in [2.05, 4.69) is 26.2 Å². The molecule has 0 aliphatic carbocycles. The molecule has 0 saturated carbocycles. The fraction of sp³-hybridized carbons (Fsp3) is 0.227. The smallest absolute Gasteiger partial charge is 0.265 e. The van der Waals surface area contributed by atoms with Gasteiger partial charge >= 0.3 is 0 Å². The molecule has 0 saturated heterocycles. The zero-order valence-corrected chi connectivity index (χ0v) is 19.1. The van der Waals surface area contributed by atoms with E-state index in [1.807, 2.05) is 44.2 Å². The van der Waals surface area contributed by atoms with Gasteiger partial charge in [-0.1, -0.05) is 15.9 Å². The summed E-state index contributed by atoms with van der Waals surface area (Å²) in [4.78, 5) is 32.8. The van der Waals surface area contributed by atoms with Gasteiger partial charge < -0.3 is 10.1 Å². The minimum Gasteiger partial charge on any atom is -0.482 e. The monoisotopic (exact) mass is 485 g/mol. The molecular weight excluding hydrogens is 466 g/mol. The first-order chi connectivity index (χ1) is 14.3. The maximum Gasteiger partial charge on any atom is 0.265 e. The maximum atomic E-state index is 12.9. The summed E-state index contributed by atoms with van der Waals surface area (Å²) in [5, 5.41) is 3.85. The Kier molecular flexibility index (Phi) is 5.62. The van der Waals surface area contributed by atoms with Crippen LogP contribution in [0.25, 0.3) is 11.3 Å². The van der Waals surface area contributed by atoms with Gasteiger partial charge in [0.2, 0.25) is 5.91 Å². The number of thiazole rings is 1. The number of hydrogen-bond donors (Lipinski definition) is 1. The molecule has 2 amide bonds. The lowest BCUT2D eigenvalue weighted by atomic mass is 10.1. The quantitative estimate of drug-likeness (QED) is 0.567. The fourth-order valence-corrected chi connectivity index (χ4v) is 4.54. The molecule has 1 N–H and O–H groups in total. The second-order valence-electron chi connectivity index (χ2n) is 7.04. The zero-order valence-electron chi connectivity index (χ0n) is 16.7. The Hall–Kier alpha value is -2.71. The molecule has 154 valence electrons. The average molecular weight is 486 g/mol. The van der Waals surface area contributed by atoms with E-state index in [4.69, 9.17) is 4.74 Å². The van der Waals surface area contributed by atoms with Crippen LogP contribution in [-0.4, -0.2) is 29.4 Å². The summed E-state index contributed by atoms with van der Waals surface area (Å²) in [5.74, 6) is 0.0418. The topological polar surface area (TPSA) is 71.5 Å². The molecule has 1 aliphatic heterocycles.